The van der Waals surface area contributed by atoms with Gasteiger partial charge >= 0.3 is 0 Å². The third-order valence-corrected chi connectivity index (χ3v) is 4.39. The van der Waals surface area contributed by atoms with Crippen molar-refractivity contribution in [3.63, 3.8) is 0 Å². The zero-order valence-electron chi connectivity index (χ0n) is 16.0. The van der Waals surface area contributed by atoms with Crippen molar-refractivity contribution in [2.45, 2.75) is 34.1 Å². The standard InChI is InChI=1S/C22H26N4/c1-6-26(7-2)21-10-8-18(9-11-21)25-19-12-17(13-20(16-23)24-5)14-22(3,4)15-19/h8-13,15,25H,6-7,14H2,1-4H3. The lowest BCUT2D eigenvalue weighted by Gasteiger charge is -2.27. The van der Waals surface area contributed by atoms with Crippen molar-refractivity contribution in [3.8, 4) is 6.07 Å². The van der Waals surface area contributed by atoms with Crippen LogP contribution in [0, 0.1) is 23.3 Å². The van der Waals surface area contributed by atoms with Gasteiger partial charge in [0.25, 0.3) is 5.70 Å². The van der Waals surface area contributed by atoms with Crippen molar-refractivity contribution < 1.29 is 0 Å². The minimum Gasteiger partial charge on any atom is -0.372 e. The largest absolute Gasteiger partial charge is 0.372 e. The smallest absolute Gasteiger partial charge is 0.262 e. The average molecular weight is 346 g/mol. The zero-order chi connectivity index (χ0) is 19.2. The van der Waals surface area contributed by atoms with E-state index < -0.39 is 0 Å². The Morgan fingerprint density at radius 2 is 1.96 bits per heavy atom. The molecule has 0 amide bonds. The molecule has 0 aromatic heterocycles. The molecule has 0 saturated heterocycles. The van der Waals surface area contributed by atoms with E-state index in [-0.39, 0.29) is 11.1 Å². The second kappa shape index (κ2) is 8.41. The van der Waals surface area contributed by atoms with E-state index in [1.807, 2.05) is 12.1 Å². The molecule has 134 valence electrons. The van der Waals surface area contributed by atoms with Crippen LogP contribution in [0.3, 0.4) is 0 Å². The summed E-state index contributed by atoms with van der Waals surface area (Å²) in [5.74, 6) is 0. The molecule has 4 heteroatoms. The van der Waals surface area contributed by atoms with Gasteiger partial charge in [-0.05, 0) is 62.1 Å². The maximum atomic E-state index is 9.01. The molecule has 0 unspecified atom stereocenters. The van der Waals surface area contributed by atoms with Crippen LogP contribution in [-0.4, -0.2) is 13.1 Å². The van der Waals surface area contributed by atoms with E-state index in [1.165, 1.54) is 5.69 Å². The van der Waals surface area contributed by atoms with Crippen LogP contribution in [-0.2, 0) is 0 Å². The summed E-state index contributed by atoms with van der Waals surface area (Å²) < 4.78 is 0. The monoisotopic (exact) mass is 346 g/mol. The highest BCUT2D eigenvalue weighted by Crippen LogP contribution is 2.34. The summed E-state index contributed by atoms with van der Waals surface area (Å²) in [6.45, 7) is 17.7. The second-order valence-electron chi connectivity index (χ2n) is 7.08. The number of nitrogens with one attached hydrogen (secondary N) is 1. The van der Waals surface area contributed by atoms with Crippen LogP contribution in [0.15, 0.2) is 59.5 Å². The molecule has 0 heterocycles. The van der Waals surface area contributed by atoms with Crippen molar-refractivity contribution in [2.24, 2.45) is 5.41 Å². The highest BCUT2D eigenvalue weighted by atomic mass is 15.1. The molecular weight excluding hydrogens is 320 g/mol. The topological polar surface area (TPSA) is 43.4 Å². The lowest BCUT2D eigenvalue weighted by atomic mass is 9.80. The number of benzene rings is 1. The molecule has 0 saturated carbocycles. The summed E-state index contributed by atoms with van der Waals surface area (Å²) in [7, 11) is 0. The van der Waals surface area contributed by atoms with Gasteiger partial charge in [-0.25, -0.2) is 10.1 Å². The summed E-state index contributed by atoms with van der Waals surface area (Å²) in [6.07, 6.45) is 6.71. The number of hydrogen-bond donors (Lipinski definition) is 1. The van der Waals surface area contributed by atoms with Gasteiger partial charge in [0.1, 0.15) is 0 Å². The van der Waals surface area contributed by atoms with Crippen LogP contribution in [0.4, 0.5) is 11.4 Å². The maximum absolute atomic E-state index is 9.01. The van der Waals surface area contributed by atoms with Gasteiger partial charge in [-0.3, -0.25) is 0 Å². The lowest BCUT2D eigenvalue weighted by molar-refractivity contribution is 0.471. The summed E-state index contributed by atoms with van der Waals surface area (Å²) in [5.41, 5.74) is 4.31. The summed E-state index contributed by atoms with van der Waals surface area (Å²) in [5, 5.41) is 12.5. The van der Waals surface area contributed by atoms with Crippen molar-refractivity contribution in [3.05, 3.63) is 70.9 Å². The van der Waals surface area contributed by atoms with Gasteiger partial charge in [-0.2, -0.15) is 0 Å². The van der Waals surface area contributed by atoms with E-state index in [0.29, 0.717) is 0 Å². The van der Waals surface area contributed by atoms with Crippen LogP contribution in [0.25, 0.3) is 4.85 Å². The summed E-state index contributed by atoms with van der Waals surface area (Å²) in [4.78, 5) is 5.57. The van der Waals surface area contributed by atoms with Gasteiger partial charge in [-0.15, -0.1) is 0 Å². The fraction of sp³-hybridized carbons (Fsp3) is 0.364. The van der Waals surface area contributed by atoms with Crippen molar-refractivity contribution in [2.75, 3.05) is 23.3 Å². The quantitative estimate of drug-likeness (QED) is 0.545. The first-order valence-electron chi connectivity index (χ1n) is 8.95. The molecule has 1 aliphatic carbocycles. The van der Waals surface area contributed by atoms with Crippen molar-refractivity contribution in [1.29, 1.82) is 5.26 Å². The number of hydrogen-bond acceptors (Lipinski definition) is 3. The molecule has 0 aliphatic heterocycles. The number of nitriles is 1. The molecule has 1 aromatic rings. The molecule has 1 N–H and O–H groups in total. The molecule has 1 aliphatic rings. The van der Waals surface area contributed by atoms with Gasteiger partial charge in [0, 0.05) is 30.2 Å². The van der Waals surface area contributed by atoms with E-state index in [9.17, 15) is 0 Å². The van der Waals surface area contributed by atoms with E-state index >= 15 is 0 Å². The van der Waals surface area contributed by atoms with Crippen molar-refractivity contribution >= 4 is 11.4 Å². The zero-order valence-corrected chi connectivity index (χ0v) is 16.0. The SMILES string of the molecule is [C-]#[N+]C(C#N)=CC1=CC(Nc2ccc(N(CC)CC)cc2)=CC(C)(C)C1. The first-order valence-corrected chi connectivity index (χ1v) is 8.95. The first kappa shape index (κ1) is 19.3. The number of nitrogens with zero attached hydrogens (tertiary/aromatic N) is 3. The van der Waals surface area contributed by atoms with E-state index in [1.54, 1.807) is 6.08 Å². The third kappa shape index (κ3) is 5.01. The van der Waals surface area contributed by atoms with Crippen LogP contribution in [0.5, 0.6) is 0 Å². The number of allylic oxidation sites excluding steroid dienone is 5. The predicted octanol–water partition coefficient (Wildman–Crippen LogP) is 5.51. The lowest BCUT2D eigenvalue weighted by Crippen LogP contribution is -2.21. The fourth-order valence-electron chi connectivity index (χ4n) is 3.23. The Labute approximate surface area is 157 Å². The number of rotatable bonds is 6. The highest BCUT2D eigenvalue weighted by Gasteiger charge is 2.21. The summed E-state index contributed by atoms with van der Waals surface area (Å²) >= 11 is 0. The maximum Gasteiger partial charge on any atom is 0.262 e. The number of anilines is 2. The van der Waals surface area contributed by atoms with E-state index in [2.05, 4.69) is 73.1 Å². The van der Waals surface area contributed by atoms with Crippen LogP contribution in [0.2, 0.25) is 0 Å². The second-order valence-corrected chi connectivity index (χ2v) is 7.08. The Bertz CT molecular complexity index is 791. The molecule has 2 rings (SSSR count). The molecule has 26 heavy (non-hydrogen) atoms. The summed E-state index contributed by atoms with van der Waals surface area (Å²) in [6, 6.07) is 10.4. The third-order valence-electron chi connectivity index (χ3n) is 4.39. The van der Waals surface area contributed by atoms with E-state index in [0.717, 1.165) is 36.5 Å². The van der Waals surface area contributed by atoms with Gasteiger partial charge in [0.2, 0.25) is 0 Å². The normalized spacial score (nSPS) is 16.0. The van der Waals surface area contributed by atoms with Crippen molar-refractivity contribution in [1.82, 2.24) is 0 Å². The predicted molar refractivity (Wildman–Crippen MR) is 108 cm³/mol. The van der Waals surface area contributed by atoms with Gasteiger partial charge in [-0.1, -0.05) is 25.5 Å². The molecule has 0 atom stereocenters. The molecule has 0 fully saturated rings. The minimum absolute atomic E-state index is 0.0350. The Morgan fingerprint density at radius 1 is 1.31 bits per heavy atom. The minimum atomic E-state index is -0.0350. The molecule has 0 radical (unpaired) electrons. The average Bonchev–Trinajstić information content (AvgIpc) is 2.61. The molecule has 0 spiro atoms. The highest BCUT2D eigenvalue weighted by molar-refractivity contribution is 5.59. The van der Waals surface area contributed by atoms with Crippen LogP contribution in [0.1, 0.15) is 34.1 Å². The van der Waals surface area contributed by atoms with E-state index in [4.69, 9.17) is 11.8 Å². The van der Waals surface area contributed by atoms with Gasteiger partial charge in [0.15, 0.2) is 0 Å². The first-order chi connectivity index (χ1) is 12.4. The molecular formula is C22H26N4. The van der Waals surface area contributed by atoms with Crippen LogP contribution >= 0.6 is 0 Å². The Balaban J connectivity index is 2.23. The molecule has 1 aromatic carbocycles. The Hall–Kier alpha value is -2.98. The molecule has 0 bridgehead atoms. The molecule has 4 nitrogen and oxygen atoms in total. The fourth-order valence-corrected chi connectivity index (χ4v) is 3.23. The Morgan fingerprint density at radius 3 is 2.50 bits per heavy atom. The van der Waals surface area contributed by atoms with Gasteiger partial charge < -0.3 is 10.2 Å². The van der Waals surface area contributed by atoms with Gasteiger partial charge in [0.05, 0.1) is 12.6 Å². The Kier molecular flexibility index (Phi) is 6.26. The van der Waals surface area contributed by atoms with Crippen LogP contribution < -0.4 is 10.2 Å².